The largest absolute Gasteiger partial charge is 0.311 e. The first kappa shape index (κ1) is 16.4. The molecule has 0 saturated carbocycles. The molecule has 21 heavy (non-hydrogen) atoms. The Kier molecular flexibility index (Phi) is 5.76. The summed E-state index contributed by atoms with van der Waals surface area (Å²) in [5.74, 6) is 2.47. The van der Waals surface area contributed by atoms with Crippen LogP contribution in [0.25, 0.3) is 0 Å². The Balaban J connectivity index is 2.10. The van der Waals surface area contributed by atoms with Crippen molar-refractivity contribution in [1.29, 1.82) is 0 Å². The summed E-state index contributed by atoms with van der Waals surface area (Å²) in [5.41, 5.74) is 0. The molecule has 1 aromatic heterocycles. The maximum absolute atomic E-state index is 4.41. The highest BCUT2D eigenvalue weighted by Gasteiger charge is 2.33. The Morgan fingerprint density at radius 3 is 2.57 bits per heavy atom. The highest BCUT2D eigenvalue weighted by molar-refractivity contribution is 4.94. The van der Waals surface area contributed by atoms with Crippen molar-refractivity contribution in [3.63, 3.8) is 0 Å². The Hall–Kier alpha value is -0.940. The van der Waals surface area contributed by atoms with Gasteiger partial charge in [0.25, 0.3) is 0 Å². The number of aromatic nitrogens is 3. The van der Waals surface area contributed by atoms with Crippen molar-refractivity contribution in [2.75, 3.05) is 13.1 Å². The molecule has 1 aromatic rings. The predicted molar refractivity (Wildman–Crippen MR) is 85.9 cm³/mol. The molecule has 0 aliphatic carbocycles. The summed E-state index contributed by atoms with van der Waals surface area (Å²) < 4.78 is 1.90. The average molecular weight is 293 g/mol. The van der Waals surface area contributed by atoms with Crippen LogP contribution in [0.3, 0.4) is 0 Å². The Morgan fingerprint density at radius 2 is 2.00 bits per heavy atom. The molecule has 0 spiro atoms. The molecule has 2 heterocycles. The van der Waals surface area contributed by atoms with Gasteiger partial charge in [-0.2, -0.15) is 5.10 Å². The van der Waals surface area contributed by atoms with Crippen LogP contribution in [-0.2, 0) is 13.6 Å². The van der Waals surface area contributed by atoms with Crippen LogP contribution in [0.5, 0.6) is 0 Å². The Labute approximate surface area is 129 Å². The van der Waals surface area contributed by atoms with E-state index >= 15 is 0 Å². The summed E-state index contributed by atoms with van der Waals surface area (Å²) in [6, 6.07) is 1.18. The molecule has 5 heteroatoms. The second-order valence-corrected chi connectivity index (χ2v) is 6.58. The van der Waals surface area contributed by atoms with Gasteiger partial charge in [-0.3, -0.25) is 9.58 Å². The fourth-order valence-corrected chi connectivity index (χ4v) is 3.18. The molecule has 1 aliphatic heterocycles. The fourth-order valence-electron chi connectivity index (χ4n) is 3.18. The first-order valence-corrected chi connectivity index (χ1v) is 8.37. The number of nitrogens with zero attached hydrogens (tertiary/aromatic N) is 4. The molecule has 2 rings (SSSR count). The third-order valence-corrected chi connectivity index (χ3v) is 5.27. The van der Waals surface area contributed by atoms with Gasteiger partial charge in [0, 0.05) is 32.2 Å². The molecular formula is C16H31N5. The van der Waals surface area contributed by atoms with Crippen molar-refractivity contribution >= 4 is 0 Å². The zero-order chi connectivity index (χ0) is 15.4. The van der Waals surface area contributed by atoms with Crippen molar-refractivity contribution in [1.82, 2.24) is 25.0 Å². The highest BCUT2D eigenvalue weighted by Crippen LogP contribution is 2.23. The molecule has 4 unspecified atom stereocenters. The van der Waals surface area contributed by atoms with E-state index in [-0.39, 0.29) is 0 Å². The van der Waals surface area contributed by atoms with Crippen LogP contribution in [0.2, 0.25) is 0 Å². The van der Waals surface area contributed by atoms with E-state index in [9.17, 15) is 0 Å². The summed E-state index contributed by atoms with van der Waals surface area (Å²) in [5, 5.41) is 7.98. The van der Waals surface area contributed by atoms with Crippen LogP contribution in [0.1, 0.15) is 46.4 Å². The minimum Gasteiger partial charge on any atom is -0.311 e. The van der Waals surface area contributed by atoms with Crippen LogP contribution in [-0.4, -0.2) is 44.8 Å². The maximum Gasteiger partial charge on any atom is 0.140 e. The monoisotopic (exact) mass is 293 g/mol. The third-order valence-electron chi connectivity index (χ3n) is 5.27. The SMILES string of the molecule is CCC(C)C1CN(Cc2ncnn2C)C(C(C)CC)CN1. The van der Waals surface area contributed by atoms with Gasteiger partial charge in [0.2, 0.25) is 0 Å². The van der Waals surface area contributed by atoms with Crippen molar-refractivity contribution in [3.8, 4) is 0 Å². The van der Waals surface area contributed by atoms with Gasteiger partial charge in [-0.1, -0.05) is 40.5 Å². The van der Waals surface area contributed by atoms with Gasteiger partial charge in [-0.25, -0.2) is 4.98 Å². The van der Waals surface area contributed by atoms with Crippen molar-refractivity contribution in [2.45, 2.75) is 59.2 Å². The molecule has 0 aromatic carbocycles. The standard InChI is InChI=1S/C16H31N5/c1-6-12(3)14-9-21(10-16-18-11-19-20(16)5)15(8-17-14)13(4)7-2/h11-15,17H,6-10H2,1-5H3. The molecule has 0 bridgehead atoms. The summed E-state index contributed by atoms with van der Waals surface area (Å²) in [6.45, 7) is 12.4. The number of rotatable bonds is 6. The summed E-state index contributed by atoms with van der Waals surface area (Å²) in [6.07, 6.45) is 4.10. The lowest BCUT2D eigenvalue weighted by molar-refractivity contribution is 0.0661. The number of piperazine rings is 1. The highest BCUT2D eigenvalue weighted by atomic mass is 15.3. The lowest BCUT2D eigenvalue weighted by atomic mass is 9.90. The zero-order valence-corrected chi connectivity index (χ0v) is 14.2. The molecule has 1 fully saturated rings. The van der Waals surface area contributed by atoms with E-state index in [0.29, 0.717) is 23.9 Å². The number of hydrogen-bond donors (Lipinski definition) is 1. The van der Waals surface area contributed by atoms with Gasteiger partial charge in [0.15, 0.2) is 0 Å². The van der Waals surface area contributed by atoms with Gasteiger partial charge in [0.1, 0.15) is 12.2 Å². The quantitative estimate of drug-likeness (QED) is 0.872. The van der Waals surface area contributed by atoms with E-state index in [1.807, 2.05) is 11.7 Å². The first-order valence-electron chi connectivity index (χ1n) is 8.37. The van der Waals surface area contributed by atoms with Gasteiger partial charge in [-0.05, 0) is 11.8 Å². The van der Waals surface area contributed by atoms with Gasteiger partial charge in [0.05, 0.1) is 6.54 Å². The summed E-state index contributed by atoms with van der Waals surface area (Å²) in [7, 11) is 1.98. The van der Waals surface area contributed by atoms with Gasteiger partial charge in [-0.15, -0.1) is 0 Å². The minimum absolute atomic E-state index is 0.587. The van der Waals surface area contributed by atoms with E-state index < -0.39 is 0 Å². The average Bonchev–Trinajstić information content (AvgIpc) is 2.90. The van der Waals surface area contributed by atoms with Crippen molar-refractivity contribution in [3.05, 3.63) is 12.2 Å². The maximum atomic E-state index is 4.41. The third kappa shape index (κ3) is 3.83. The minimum atomic E-state index is 0.587. The lowest BCUT2D eigenvalue weighted by Gasteiger charge is -2.44. The molecule has 1 N–H and O–H groups in total. The topological polar surface area (TPSA) is 46.0 Å². The van der Waals surface area contributed by atoms with Crippen LogP contribution in [0, 0.1) is 11.8 Å². The Morgan fingerprint density at radius 1 is 1.29 bits per heavy atom. The molecule has 0 radical (unpaired) electrons. The van der Waals surface area contributed by atoms with E-state index in [1.54, 1.807) is 6.33 Å². The number of nitrogens with one attached hydrogen (secondary N) is 1. The lowest BCUT2D eigenvalue weighted by Crippen LogP contribution is -2.59. The zero-order valence-electron chi connectivity index (χ0n) is 14.2. The van der Waals surface area contributed by atoms with E-state index in [1.165, 1.54) is 12.8 Å². The van der Waals surface area contributed by atoms with Gasteiger partial charge < -0.3 is 5.32 Å². The smallest absolute Gasteiger partial charge is 0.140 e. The molecule has 4 atom stereocenters. The van der Waals surface area contributed by atoms with Crippen molar-refractivity contribution in [2.24, 2.45) is 18.9 Å². The van der Waals surface area contributed by atoms with Crippen LogP contribution in [0.4, 0.5) is 0 Å². The molecule has 0 amide bonds. The summed E-state index contributed by atoms with van der Waals surface area (Å²) >= 11 is 0. The Bertz CT molecular complexity index is 430. The van der Waals surface area contributed by atoms with E-state index in [0.717, 1.165) is 25.5 Å². The van der Waals surface area contributed by atoms with Crippen LogP contribution >= 0.6 is 0 Å². The second-order valence-electron chi connectivity index (χ2n) is 6.58. The van der Waals surface area contributed by atoms with E-state index in [2.05, 4.69) is 48.0 Å². The molecular weight excluding hydrogens is 262 g/mol. The predicted octanol–water partition coefficient (Wildman–Crippen LogP) is 2.05. The van der Waals surface area contributed by atoms with E-state index in [4.69, 9.17) is 0 Å². The molecule has 1 saturated heterocycles. The van der Waals surface area contributed by atoms with Crippen LogP contribution < -0.4 is 5.32 Å². The molecule has 1 aliphatic rings. The van der Waals surface area contributed by atoms with Gasteiger partial charge >= 0.3 is 0 Å². The van der Waals surface area contributed by atoms with Crippen LogP contribution in [0.15, 0.2) is 6.33 Å². The normalized spacial score (nSPS) is 26.7. The van der Waals surface area contributed by atoms with Crippen molar-refractivity contribution < 1.29 is 0 Å². The molecule has 5 nitrogen and oxygen atoms in total. The first-order chi connectivity index (χ1) is 10.1. The second kappa shape index (κ2) is 7.36. The number of aryl methyl sites for hydroxylation is 1. The fraction of sp³-hybridized carbons (Fsp3) is 0.875. The molecule has 120 valence electrons. The number of hydrogen-bond acceptors (Lipinski definition) is 4. The summed E-state index contributed by atoms with van der Waals surface area (Å²) in [4.78, 5) is 7.03.